The zero-order valence-electron chi connectivity index (χ0n) is 11.4. The van der Waals surface area contributed by atoms with Gasteiger partial charge in [0.2, 0.25) is 11.8 Å². The third-order valence-corrected chi connectivity index (χ3v) is 4.73. The summed E-state index contributed by atoms with van der Waals surface area (Å²) < 4.78 is 0. The molecule has 2 heterocycles. The lowest BCUT2D eigenvalue weighted by atomic mass is 9.85. The molecule has 5 heteroatoms. The van der Waals surface area contributed by atoms with E-state index in [0.29, 0.717) is 25.0 Å². The highest BCUT2D eigenvalue weighted by Gasteiger charge is 2.40. The van der Waals surface area contributed by atoms with Crippen molar-refractivity contribution in [1.29, 1.82) is 0 Å². The first kappa shape index (κ1) is 12.9. The van der Waals surface area contributed by atoms with Crippen LogP contribution in [0.4, 0.5) is 0 Å². The van der Waals surface area contributed by atoms with E-state index in [2.05, 4.69) is 10.6 Å². The Morgan fingerprint density at radius 2 is 2.05 bits per heavy atom. The number of hydrogen-bond donors (Lipinski definition) is 2. The number of nitrogens with one attached hydrogen (secondary N) is 2. The van der Waals surface area contributed by atoms with Gasteiger partial charge in [-0.2, -0.15) is 0 Å². The Morgan fingerprint density at radius 1 is 1.21 bits per heavy atom. The third kappa shape index (κ3) is 2.76. The van der Waals surface area contributed by atoms with Crippen molar-refractivity contribution >= 4 is 11.8 Å². The fraction of sp³-hybridized carbons (Fsp3) is 0.857. The smallest absolute Gasteiger partial charge is 0.240 e. The quantitative estimate of drug-likeness (QED) is 0.715. The van der Waals surface area contributed by atoms with Crippen LogP contribution >= 0.6 is 0 Å². The van der Waals surface area contributed by atoms with E-state index in [-0.39, 0.29) is 24.4 Å². The van der Waals surface area contributed by atoms with E-state index in [1.165, 1.54) is 25.7 Å². The average molecular weight is 265 g/mol. The van der Waals surface area contributed by atoms with Crippen molar-refractivity contribution in [2.75, 3.05) is 19.6 Å². The molecule has 3 rings (SSSR count). The van der Waals surface area contributed by atoms with Gasteiger partial charge in [0.05, 0.1) is 12.6 Å². The summed E-state index contributed by atoms with van der Waals surface area (Å²) in [7, 11) is 0. The number of fused-ring (bicyclic) bond motifs is 1. The van der Waals surface area contributed by atoms with E-state index < -0.39 is 0 Å². The second-order valence-corrected chi connectivity index (χ2v) is 6.07. The molecule has 2 amide bonds. The summed E-state index contributed by atoms with van der Waals surface area (Å²) in [6.07, 6.45) is 6.85. The molecule has 0 radical (unpaired) electrons. The average Bonchev–Trinajstić information content (AvgIpc) is 2.73. The van der Waals surface area contributed by atoms with E-state index in [0.717, 1.165) is 12.8 Å². The van der Waals surface area contributed by atoms with Gasteiger partial charge in [0.25, 0.3) is 0 Å². The molecule has 106 valence electrons. The zero-order chi connectivity index (χ0) is 13.2. The van der Waals surface area contributed by atoms with Gasteiger partial charge in [0.1, 0.15) is 0 Å². The van der Waals surface area contributed by atoms with Crippen LogP contribution in [-0.4, -0.2) is 48.4 Å². The molecule has 2 N–H and O–H groups in total. The minimum Gasteiger partial charge on any atom is -0.354 e. The first-order valence-corrected chi connectivity index (χ1v) is 7.55. The van der Waals surface area contributed by atoms with Gasteiger partial charge in [-0.05, 0) is 31.6 Å². The highest BCUT2D eigenvalue weighted by Crippen LogP contribution is 2.33. The molecule has 19 heavy (non-hydrogen) atoms. The van der Waals surface area contributed by atoms with E-state index in [1.807, 2.05) is 0 Å². The van der Waals surface area contributed by atoms with Gasteiger partial charge in [-0.3, -0.25) is 9.59 Å². The van der Waals surface area contributed by atoms with E-state index in [4.69, 9.17) is 0 Å². The predicted octanol–water partition coefficient (Wildman–Crippen LogP) is 0.256. The molecule has 0 bridgehead atoms. The van der Waals surface area contributed by atoms with Crippen LogP contribution in [0.1, 0.15) is 38.5 Å². The minimum absolute atomic E-state index is 0.0266. The van der Waals surface area contributed by atoms with Crippen LogP contribution in [0.2, 0.25) is 0 Å². The molecule has 0 aromatic carbocycles. The molecule has 0 spiro atoms. The number of carbonyl (C=O) groups excluding carboxylic acids is 2. The molecule has 2 aliphatic heterocycles. The van der Waals surface area contributed by atoms with Crippen molar-refractivity contribution in [3.8, 4) is 0 Å². The molecular formula is C14H23N3O2. The minimum atomic E-state index is -0.0565. The summed E-state index contributed by atoms with van der Waals surface area (Å²) in [6, 6.07) is 0.475. The second kappa shape index (κ2) is 5.49. The summed E-state index contributed by atoms with van der Waals surface area (Å²) in [5.41, 5.74) is 0. The van der Waals surface area contributed by atoms with E-state index in [9.17, 15) is 9.59 Å². The van der Waals surface area contributed by atoms with E-state index in [1.54, 1.807) is 4.90 Å². The van der Waals surface area contributed by atoms with Gasteiger partial charge in [0.15, 0.2) is 0 Å². The molecule has 3 fully saturated rings. The SMILES string of the molecule is O=C1CN(C(=O)C2CC3CCCCC3N2)CCCN1. The lowest BCUT2D eigenvalue weighted by molar-refractivity contribution is -0.136. The molecule has 5 nitrogen and oxygen atoms in total. The molecule has 1 saturated carbocycles. The van der Waals surface area contributed by atoms with E-state index >= 15 is 0 Å². The second-order valence-electron chi connectivity index (χ2n) is 6.07. The maximum absolute atomic E-state index is 12.5. The van der Waals surface area contributed by atoms with Gasteiger partial charge in [-0.25, -0.2) is 0 Å². The lowest BCUT2D eigenvalue weighted by Crippen LogP contribution is -2.47. The van der Waals surface area contributed by atoms with Crippen LogP contribution in [0.3, 0.4) is 0 Å². The Hall–Kier alpha value is -1.10. The topological polar surface area (TPSA) is 61.4 Å². The Labute approximate surface area is 114 Å². The lowest BCUT2D eigenvalue weighted by Gasteiger charge is -2.24. The van der Waals surface area contributed by atoms with Gasteiger partial charge >= 0.3 is 0 Å². The number of nitrogens with zero attached hydrogens (tertiary/aromatic N) is 1. The summed E-state index contributed by atoms with van der Waals surface area (Å²) >= 11 is 0. The van der Waals surface area contributed by atoms with Crippen molar-refractivity contribution in [3.63, 3.8) is 0 Å². The molecule has 0 aromatic heterocycles. The molecule has 2 saturated heterocycles. The zero-order valence-corrected chi connectivity index (χ0v) is 11.4. The van der Waals surface area contributed by atoms with Crippen molar-refractivity contribution < 1.29 is 9.59 Å². The van der Waals surface area contributed by atoms with Crippen LogP contribution in [0, 0.1) is 5.92 Å². The maximum Gasteiger partial charge on any atom is 0.240 e. The van der Waals surface area contributed by atoms with Crippen molar-refractivity contribution in [1.82, 2.24) is 15.5 Å². The standard InChI is InChI=1S/C14H23N3O2/c18-13-9-17(7-3-6-15-13)14(19)12-8-10-4-1-2-5-11(10)16-12/h10-12,16H,1-9H2,(H,15,18). The van der Waals surface area contributed by atoms with Crippen LogP contribution < -0.4 is 10.6 Å². The molecule has 1 aliphatic carbocycles. The van der Waals surface area contributed by atoms with Crippen LogP contribution in [0.15, 0.2) is 0 Å². The highest BCUT2D eigenvalue weighted by atomic mass is 16.2. The summed E-state index contributed by atoms with van der Waals surface area (Å²) in [4.78, 5) is 25.8. The molecular weight excluding hydrogens is 242 g/mol. The molecule has 3 atom stereocenters. The highest BCUT2D eigenvalue weighted by molar-refractivity contribution is 5.88. The number of carbonyl (C=O) groups is 2. The Morgan fingerprint density at radius 3 is 2.89 bits per heavy atom. The fourth-order valence-electron chi connectivity index (χ4n) is 3.73. The Kier molecular flexibility index (Phi) is 3.73. The fourth-order valence-corrected chi connectivity index (χ4v) is 3.73. The first-order chi connectivity index (χ1) is 9.24. The number of amides is 2. The Bertz CT molecular complexity index is 358. The molecule has 0 aromatic rings. The van der Waals surface area contributed by atoms with Crippen LogP contribution in [0.25, 0.3) is 0 Å². The molecule has 3 aliphatic rings. The van der Waals surface area contributed by atoms with Gasteiger partial charge in [-0.1, -0.05) is 12.8 Å². The monoisotopic (exact) mass is 265 g/mol. The maximum atomic E-state index is 12.5. The first-order valence-electron chi connectivity index (χ1n) is 7.55. The van der Waals surface area contributed by atoms with Crippen molar-refractivity contribution in [3.05, 3.63) is 0 Å². The summed E-state index contributed by atoms with van der Waals surface area (Å²) in [5.74, 6) is 0.774. The summed E-state index contributed by atoms with van der Waals surface area (Å²) in [6.45, 7) is 1.61. The Balaban J connectivity index is 1.62. The third-order valence-electron chi connectivity index (χ3n) is 4.73. The van der Waals surface area contributed by atoms with Gasteiger partial charge in [-0.15, -0.1) is 0 Å². The van der Waals surface area contributed by atoms with Gasteiger partial charge < -0.3 is 15.5 Å². The molecule has 3 unspecified atom stereocenters. The van der Waals surface area contributed by atoms with Crippen LogP contribution in [0.5, 0.6) is 0 Å². The van der Waals surface area contributed by atoms with Crippen molar-refractivity contribution in [2.24, 2.45) is 5.92 Å². The van der Waals surface area contributed by atoms with Crippen molar-refractivity contribution in [2.45, 2.75) is 50.6 Å². The largest absolute Gasteiger partial charge is 0.354 e. The summed E-state index contributed by atoms with van der Waals surface area (Å²) in [5, 5.41) is 6.32. The number of rotatable bonds is 1. The number of hydrogen-bond acceptors (Lipinski definition) is 3. The normalized spacial score (nSPS) is 35.5. The predicted molar refractivity (Wildman–Crippen MR) is 71.5 cm³/mol. The van der Waals surface area contributed by atoms with Gasteiger partial charge in [0, 0.05) is 19.1 Å². The van der Waals surface area contributed by atoms with Crippen LogP contribution in [-0.2, 0) is 9.59 Å².